The number of nitrogen functional groups attached to an aromatic ring is 1. The van der Waals surface area contributed by atoms with E-state index in [0.717, 1.165) is 11.5 Å². The SMILES string of the molecule is COCC(C)c1nc(N)cc(C2CCCC2)n1. The fourth-order valence-electron chi connectivity index (χ4n) is 2.48. The highest BCUT2D eigenvalue weighted by molar-refractivity contribution is 5.32. The summed E-state index contributed by atoms with van der Waals surface area (Å²) in [4.78, 5) is 8.97. The van der Waals surface area contributed by atoms with Crippen LogP contribution in [0.2, 0.25) is 0 Å². The van der Waals surface area contributed by atoms with Gasteiger partial charge in [-0.2, -0.15) is 0 Å². The zero-order valence-electron chi connectivity index (χ0n) is 10.6. The quantitative estimate of drug-likeness (QED) is 0.870. The van der Waals surface area contributed by atoms with E-state index in [9.17, 15) is 0 Å². The third-order valence-corrected chi connectivity index (χ3v) is 3.41. The molecule has 4 nitrogen and oxygen atoms in total. The Balaban J connectivity index is 2.22. The zero-order valence-corrected chi connectivity index (χ0v) is 10.6. The van der Waals surface area contributed by atoms with Gasteiger partial charge in [-0.25, -0.2) is 9.97 Å². The summed E-state index contributed by atoms with van der Waals surface area (Å²) in [5, 5.41) is 0. The Labute approximate surface area is 103 Å². The predicted octanol–water partition coefficient (Wildman–Crippen LogP) is 2.47. The summed E-state index contributed by atoms with van der Waals surface area (Å²) in [6, 6.07) is 1.93. The number of nitrogens with zero attached hydrogens (tertiary/aromatic N) is 2. The van der Waals surface area contributed by atoms with Crippen molar-refractivity contribution in [2.75, 3.05) is 19.5 Å². The van der Waals surface area contributed by atoms with Crippen LogP contribution in [0.4, 0.5) is 5.82 Å². The Morgan fingerprint density at radius 3 is 2.76 bits per heavy atom. The van der Waals surface area contributed by atoms with E-state index in [0.29, 0.717) is 18.3 Å². The van der Waals surface area contributed by atoms with Crippen molar-refractivity contribution in [3.63, 3.8) is 0 Å². The van der Waals surface area contributed by atoms with Crippen molar-refractivity contribution in [2.45, 2.75) is 44.4 Å². The molecular formula is C13H21N3O. The number of methoxy groups -OCH3 is 1. The van der Waals surface area contributed by atoms with Gasteiger partial charge in [0, 0.05) is 30.7 Å². The summed E-state index contributed by atoms with van der Waals surface area (Å²) in [6.07, 6.45) is 5.07. The Kier molecular flexibility index (Phi) is 3.94. The molecule has 1 aliphatic rings. The van der Waals surface area contributed by atoms with Crippen LogP contribution in [0.15, 0.2) is 6.07 Å². The van der Waals surface area contributed by atoms with Crippen LogP contribution in [-0.4, -0.2) is 23.7 Å². The van der Waals surface area contributed by atoms with E-state index < -0.39 is 0 Å². The molecule has 1 atom stereocenters. The van der Waals surface area contributed by atoms with E-state index in [2.05, 4.69) is 16.9 Å². The van der Waals surface area contributed by atoms with E-state index in [4.69, 9.17) is 10.5 Å². The van der Waals surface area contributed by atoms with Crippen LogP contribution >= 0.6 is 0 Å². The second kappa shape index (κ2) is 5.45. The lowest BCUT2D eigenvalue weighted by molar-refractivity contribution is 0.181. The molecule has 2 N–H and O–H groups in total. The van der Waals surface area contributed by atoms with Gasteiger partial charge in [-0.05, 0) is 12.8 Å². The van der Waals surface area contributed by atoms with Gasteiger partial charge in [0.1, 0.15) is 11.6 Å². The molecule has 1 saturated carbocycles. The van der Waals surface area contributed by atoms with Gasteiger partial charge in [-0.1, -0.05) is 19.8 Å². The van der Waals surface area contributed by atoms with Crippen LogP contribution in [0.25, 0.3) is 0 Å². The maximum Gasteiger partial charge on any atom is 0.136 e. The molecule has 0 aromatic carbocycles. The summed E-state index contributed by atoms with van der Waals surface area (Å²) in [6.45, 7) is 2.70. The lowest BCUT2D eigenvalue weighted by Crippen LogP contribution is -2.11. The lowest BCUT2D eigenvalue weighted by atomic mass is 10.0. The van der Waals surface area contributed by atoms with Gasteiger partial charge in [-0.3, -0.25) is 0 Å². The summed E-state index contributed by atoms with van der Waals surface area (Å²) in [7, 11) is 1.70. The number of rotatable bonds is 4. The highest BCUT2D eigenvalue weighted by Gasteiger charge is 2.20. The second-order valence-electron chi connectivity index (χ2n) is 4.91. The largest absolute Gasteiger partial charge is 0.384 e. The molecule has 2 rings (SSSR count). The van der Waals surface area contributed by atoms with Crippen LogP contribution in [0, 0.1) is 0 Å². The monoisotopic (exact) mass is 235 g/mol. The molecule has 1 unspecified atom stereocenters. The molecule has 0 bridgehead atoms. The molecule has 17 heavy (non-hydrogen) atoms. The van der Waals surface area contributed by atoms with Gasteiger partial charge >= 0.3 is 0 Å². The number of nitrogens with two attached hydrogens (primary N) is 1. The molecule has 4 heteroatoms. The molecule has 1 heterocycles. The topological polar surface area (TPSA) is 61.0 Å². The first-order chi connectivity index (χ1) is 8.20. The van der Waals surface area contributed by atoms with Gasteiger partial charge in [0.05, 0.1) is 6.61 Å². The van der Waals surface area contributed by atoms with Crippen molar-refractivity contribution < 1.29 is 4.74 Å². The van der Waals surface area contributed by atoms with Gasteiger partial charge in [0.2, 0.25) is 0 Å². The van der Waals surface area contributed by atoms with Crippen LogP contribution in [0.1, 0.15) is 56.0 Å². The van der Waals surface area contributed by atoms with E-state index in [-0.39, 0.29) is 5.92 Å². The molecule has 1 aromatic heterocycles. The first-order valence-corrected chi connectivity index (χ1v) is 6.34. The second-order valence-corrected chi connectivity index (χ2v) is 4.91. The minimum atomic E-state index is 0.198. The third-order valence-electron chi connectivity index (χ3n) is 3.41. The van der Waals surface area contributed by atoms with Crippen molar-refractivity contribution in [1.82, 2.24) is 9.97 Å². The number of ether oxygens (including phenoxy) is 1. The predicted molar refractivity (Wildman–Crippen MR) is 67.9 cm³/mol. The molecule has 0 radical (unpaired) electrons. The fourth-order valence-corrected chi connectivity index (χ4v) is 2.48. The molecule has 0 amide bonds. The third kappa shape index (κ3) is 2.94. The van der Waals surface area contributed by atoms with E-state index in [1.54, 1.807) is 7.11 Å². The number of aromatic nitrogens is 2. The molecule has 94 valence electrons. The van der Waals surface area contributed by atoms with Crippen molar-refractivity contribution in [3.8, 4) is 0 Å². The maximum atomic E-state index is 5.87. The molecule has 1 fully saturated rings. The van der Waals surface area contributed by atoms with Crippen molar-refractivity contribution >= 4 is 5.82 Å². The Morgan fingerprint density at radius 2 is 2.12 bits per heavy atom. The summed E-state index contributed by atoms with van der Waals surface area (Å²) in [5.41, 5.74) is 6.99. The minimum absolute atomic E-state index is 0.198. The Bertz CT molecular complexity index is 375. The van der Waals surface area contributed by atoms with Gasteiger partial charge in [0.25, 0.3) is 0 Å². The average Bonchev–Trinajstić information content (AvgIpc) is 2.82. The van der Waals surface area contributed by atoms with Crippen molar-refractivity contribution in [1.29, 1.82) is 0 Å². The van der Waals surface area contributed by atoms with E-state index in [1.807, 2.05) is 6.07 Å². The van der Waals surface area contributed by atoms with Gasteiger partial charge < -0.3 is 10.5 Å². The molecule has 0 spiro atoms. The normalized spacial score (nSPS) is 18.5. The molecule has 0 aliphatic heterocycles. The Morgan fingerprint density at radius 1 is 1.41 bits per heavy atom. The van der Waals surface area contributed by atoms with Crippen molar-refractivity contribution in [3.05, 3.63) is 17.6 Å². The van der Waals surface area contributed by atoms with Crippen LogP contribution in [0.3, 0.4) is 0 Å². The molecular weight excluding hydrogens is 214 g/mol. The maximum absolute atomic E-state index is 5.87. The zero-order chi connectivity index (χ0) is 12.3. The molecule has 0 saturated heterocycles. The van der Waals surface area contributed by atoms with Crippen LogP contribution < -0.4 is 5.73 Å². The van der Waals surface area contributed by atoms with Crippen LogP contribution in [0.5, 0.6) is 0 Å². The first kappa shape index (κ1) is 12.3. The summed E-state index contributed by atoms with van der Waals surface area (Å²) < 4.78 is 5.14. The number of anilines is 1. The average molecular weight is 235 g/mol. The molecule has 1 aromatic rings. The van der Waals surface area contributed by atoms with Gasteiger partial charge in [-0.15, -0.1) is 0 Å². The first-order valence-electron chi connectivity index (χ1n) is 6.34. The highest BCUT2D eigenvalue weighted by Crippen LogP contribution is 2.33. The lowest BCUT2D eigenvalue weighted by Gasteiger charge is -2.14. The van der Waals surface area contributed by atoms with Crippen LogP contribution in [-0.2, 0) is 4.74 Å². The molecule has 1 aliphatic carbocycles. The minimum Gasteiger partial charge on any atom is -0.384 e. The highest BCUT2D eigenvalue weighted by atomic mass is 16.5. The summed E-state index contributed by atoms with van der Waals surface area (Å²) in [5.74, 6) is 2.17. The number of hydrogen-bond acceptors (Lipinski definition) is 4. The Hall–Kier alpha value is -1.16. The fraction of sp³-hybridized carbons (Fsp3) is 0.692. The number of hydrogen-bond donors (Lipinski definition) is 1. The van der Waals surface area contributed by atoms with E-state index >= 15 is 0 Å². The van der Waals surface area contributed by atoms with E-state index in [1.165, 1.54) is 25.7 Å². The standard InChI is InChI=1S/C13H21N3O/c1-9(8-17-2)13-15-11(7-12(14)16-13)10-5-3-4-6-10/h7,9-10H,3-6,8H2,1-2H3,(H2,14,15,16). The van der Waals surface area contributed by atoms with Crippen molar-refractivity contribution in [2.24, 2.45) is 0 Å². The summed E-state index contributed by atoms with van der Waals surface area (Å²) >= 11 is 0. The van der Waals surface area contributed by atoms with Gasteiger partial charge in [0.15, 0.2) is 0 Å². The smallest absolute Gasteiger partial charge is 0.136 e.